The number of carbonyl (C=O) groups excluding carboxylic acids is 3. The van der Waals surface area contributed by atoms with Crippen LogP contribution < -0.4 is 10.6 Å². The number of esters is 1. The van der Waals surface area contributed by atoms with Gasteiger partial charge in [0, 0.05) is 0 Å². The van der Waals surface area contributed by atoms with Gasteiger partial charge in [0.25, 0.3) is 0 Å². The van der Waals surface area contributed by atoms with Gasteiger partial charge in [-0.1, -0.05) is 121 Å². The van der Waals surface area contributed by atoms with Crippen LogP contribution in [0.25, 0.3) is 0 Å². The maximum Gasteiger partial charge on any atom is 0.408 e. The number of aliphatic hydroxyl groups is 2. The molecule has 0 saturated carbocycles. The molecule has 0 spiro atoms. The van der Waals surface area contributed by atoms with Crippen molar-refractivity contribution in [3.8, 4) is 0 Å². The number of aliphatic hydroxyl groups excluding tert-OH is 2. The maximum absolute atomic E-state index is 13.1. The van der Waals surface area contributed by atoms with Crippen LogP contribution in [0.5, 0.6) is 0 Å². The van der Waals surface area contributed by atoms with Gasteiger partial charge in [0.05, 0.1) is 13.2 Å². The monoisotopic (exact) mass is 818 g/mol. The fraction of sp³-hybridized carbons (Fsp3) is 0.679. The smallest absolute Gasteiger partial charge is 0.408 e. The minimum atomic E-state index is -2.35. The van der Waals surface area contributed by atoms with Gasteiger partial charge in [0.1, 0.15) is 44.2 Å². The molecule has 4 N–H and O–H groups in total. The lowest BCUT2D eigenvalue weighted by Crippen LogP contribution is -2.65. The van der Waals surface area contributed by atoms with E-state index in [-0.39, 0.29) is 18.3 Å². The molecule has 0 aliphatic carbocycles. The zero-order chi connectivity index (χ0) is 36.5. The van der Waals surface area contributed by atoms with Gasteiger partial charge in [-0.3, -0.25) is 0 Å². The quantitative estimate of drug-likeness (QED) is 0.0899. The topological polar surface area (TPSA) is 171 Å². The Morgan fingerprint density at radius 2 is 1.46 bits per heavy atom. The molecule has 1 fully saturated rings. The van der Waals surface area contributed by atoms with Gasteiger partial charge in [-0.25, -0.2) is 14.4 Å². The molecule has 5 unspecified atom stereocenters. The number of hydrogen-bond donors (Lipinski definition) is 4. The van der Waals surface area contributed by atoms with E-state index in [1.165, 1.54) is 0 Å². The number of carbonyl (C=O) groups is 3. The van der Waals surface area contributed by atoms with E-state index in [9.17, 15) is 24.6 Å². The predicted molar refractivity (Wildman–Crippen MR) is 183 cm³/mol. The molecule has 1 saturated heterocycles. The third-order valence-corrected chi connectivity index (χ3v) is 12.5. The molecule has 1 aromatic carbocycles. The number of alkyl halides is 6. The zero-order valence-corrected chi connectivity index (χ0v) is 32.3. The van der Waals surface area contributed by atoms with Gasteiger partial charge in [-0.2, -0.15) is 0 Å². The van der Waals surface area contributed by atoms with Crippen LogP contribution in [0.15, 0.2) is 30.3 Å². The normalized spacial score (nSPS) is 22.7. The summed E-state index contributed by atoms with van der Waals surface area (Å²) in [5.41, 5.74) is 0.652. The zero-order valence-electron chi connectivity index (χ0n) is 26.7. The van der Waals surface area contributed by atoms with E-state index < -0.39 is 90.6 Å². The average molecular weight is 821 g/mol. The number of alkyl carbamates (subject to hydrolysis) is 2. The molecule has 1 aliphatic rings. The number of halogens is 6. The number of hydrogen-bond acceptors (Lipinski definition) is 11. The van der Waals surface area contributed by atoms with Crippen molar-refractivity contribution in [2.45, 2.75) is 89.8 Å². The lowest BCUT2D eigenvalue weighted by atomic mass is 9.97. The van der Waals surface area contributed by atoms with Crippen LogP contribution in [0.4, 0.5) is 9.59 Å². The summed E-state index contributed by atoms with van der Waals surface area (Å²) in [5, 5.41) is 26.4. The molecule has 1 aromatic rings. The molecule has 20 heteroatoms. The van der Waals surface area contributed by atoms with Crippen molar-refractivity contribution in [1.82, 2.24) is 10.6 Å². The van der Waals surface area contributed by atoms with Crippen molar-refractivity contribution in [2.75, 3.05) is 26.4 Å². The summed E-state index contributed by atoms with van der Waals surface area (Å²) in [6.07, 6.45) is -8.30. The Bertz CT molecular complexity index is 1200. The number of ether oxygens (including phenoxy) is 5. The maximum atomic E-state index is 13.1. The fourth-order valence-corrected chi connectivity index (χ4v) is 5.06. The summed E-state index contributed by atoms with van der Waals surface area (Å²) in [6.45, 7) is 7.76. The second kappa shape index (κ2) is 18.5. The van der Waals surface area contributed by atoms with Crippen molar-refractivity contribution >= 4 is 96.1 Å². The van der Waals surface area contributed by atoms with Gasteiger partial charge in [-0.15, -0.1) is 0 Å². The van der Waals surface area contributed by atoms with E-state index in [4.69, 9.17) is 97.7 Å². The summed E-state index contributed by atoms with van der Waals surface area (Å²) in [7, 11) is -2.35. The Morgan fingerprint density at radius 1 is 0.896 bits per heavy atom. The third kappa shape index (κ3) is 15.1. The average Bonchev–Trinajstić information content (AvgIpc) is 2.97. The summed E-state index contributed by atoms with van der Waals surface area (Å²) in [6, 6.07) is 5.66. The van der Waals surface area contributed by atoms with E-state index in [2.05, 4.69) is 10.6 Å². The van der Waals surface area contributed by atoms with Crippen LogP contribution in [0.1, 0.15) is 26.3 Å². The Labute approximate surface area is 310 Å². The molecule has 274 valence electrons. The summed E-state index contributed by atoms with van der Waals surface area (Å²) >= 11 is 33.9. The molecular formula is C28H40Cl6N2O11Si. The van der Waals surface area contributed by atoms with E-state index in [0.29, 0.717) is 5.56 Å². The first kappa shape index (κ1) is 43.2. The van der Waals surface area contributed by atoms with Crippen LogP contribution in [0, 0.1) is 0 Å². The fourth-order valence-electron chi connectivity index (χ4n) is 3.72. The van der Waals surface area contributed by atoms with Gasteiger partial charge < -0.3 is 49.0 Å². The van der Waals surface area contributed by atoms with E-state index in [1.54, 1.807) is 30.3 Å². The number of amides is 2. The van der Waals surface area contributed by atoms with Crippen molar-refractivity contribution < 1.29 is 52.7 Å². The first-order valence-electron chi connectivity index (χ1n) is 14.5. The molecule has 6 atom stereocenters. The molecule has 2 rings (SSSR count). The van der Waals surface area contributed by atoms with E-state index in [1.807, 2.05) is 33.9 Å². The molecule has 0 aromatic heterocycles. The van der Waals surface area contributed by atoms with Gasteiger partial charge in [0.15, 0.2) is 20.6 Å². The van der Waals surface area contributed by atoms with Crippen LogP contribution >= 0.6 is 69.6 Å². The van der Waals surface area contributed by atoms with E-state index in [0.717, 1.165) is 0 Å². The Morgan fingerprint density at radius 3 is 2.00 bits per heavy atom. The first-order chi connectivity index (χ1) is 22.0. The standard InChI is InChI=1S/C28H40Cl6N2O11Si/c1-26(2,3)48(4,5)46-13-18-20(37)21(38)19(36-25(41)45-15-28(32,33)34)23(47-18)43-12-17(35-24(40)44-14-27(29,30)31)22(39)42-11-16-9-7-6-8-10-16/h6-10,17-21,23,37-38H,11-15H2,1-5H3,(H,35,40)(H,36,41)/t17-,18?,19?,20?,21?,23?/m1/s1. The first-order valence-corrected chi connectivity index (χ1v) is 19.6. The summed E-state index contributed by atoms with van der Waals surface area (Å²) < 4.78 is 29.2. The van der Waals surface area contributed by atoms with Gasteiger partial charge in [0.2, 0.25) is 7.59 Å². The lowest BCUT2D eigenvalue weighted by Gasteiger charge is -2.44. The summed E-state index contributed by atoms with van der Waals surface area (Å²) in [5.74, 6) is -0.953. The Hall–Kier alpha value is -1.01. The number of rotatable bonds is 13. The molecule has 13 nitrogen and oxygen atoms in total. The molecule has 2 amide bonds. The highest BCUT2D eigenvalue weighted by molar-refractivity contribution is 6.74. The minimum Gasteiger partial charge on any atom is -0.459 e. The van der Waals surface area contributed by atoms with Crippen molar-refractivity contribution in [2.24, 2.45) is 0 Å². The highest BCUT2D eigenvalue weighted by Gasteiger charge is 2.48. The van der Waals surface area contributed by atoms with E-state index >= 15 is 0 Å². The molecule has 0 bridgehead atoms. The SMILES string of the molecule is CC(C)(C)[Si](C)(C)OCC1OC(OC[C@@H](NC(=O)OCC(Cl)(Cl)Cl)C(=O)OCc2ccccc2)C(NC(=O)OCC(Cl)(Cl)Cl)C(O)C1O. The van der Waals surface area contributed by atoms with Crippen LogP contribution in [0.3, 0.4) is 0 Å². The molecule has 0 radical (unpaired) electrons. The van der Waals surface area contributed by atoms with Crippen LogP contribution in [0.2, 0.25) is 18.1 Å². The second-order valence-electron chi connectivity index (χ2n) is 12.3. The Kier molecular flexibility index (Phi) is 16.6. The van der Waals surface area contributed by atoms with Crippen molar-refractivity contribution in [3.63, 3.8) is 0 Å². The number of benzene rings is 1. The highest BCUT2D eigenvalue weighted by atomic mass is 35.6. The molecule has 1 aliphatic heterocycles. The van der Waals surface area contributed by atoms with Crippen LogP contribution in [-0.4, -0.2) is 107 Å². The predicted octanol–water partition coefficient (Wildman–Crippen LogP) is 5.14. The second-order valence-corrected chi connectivity index (χ2v) is 22.1. The lowest BCUT2D eigenvalue weighted by molar-refractivity contribution is -0.269. The highest BCUT2D eigenvalue weighted by Crippen LogP contribution is 2.37. The minimum absolute atomic E-state index is 0.150. The van der Waals surface area contributed by atoms with Gasteiger partial charge in [-0.05, 0) is 23.7 Å². The molecule has 1 heterocycles. The number of nitrogens with one attached hydrogen (secondary N) is 2. The molecular weight excluding hydrogens is 781 g/mol. The van der Waals surface area contributed by atoms with Crippen molar-refractivity contribution in [3.05, 3.63) is 35.9 Å². The van der Waals surface area contributed by atoms with Gasteiger partial charge >= 0.3 is 18.2 Å². The molecule has 48 heavy (non-hydrogen) atoms. The van der Waals surface area contributed by atoms with Crippen LogP contribution in [-0.2, 0) is 39.5 Å². The Balaban J connectivity index is 2.29. The third-order valence-electron chi connectivity index (χ3n) is 7.36. The van der Waals surface area contributed by atoms with Crippen molar-refractivity contribution in [1.29, 1.82) is 0 Å². The largest absolute Gasteiger partial charge is 0.459 e. The summed E-state index contributed by atoms with van der Waals surface area (Å²) in [4.78, 5) is 38.2.